The molecular formula is C14H10N8O. The van der Waals surface area contributed by atoms with E-state index in [1.54, 1.807) is 18.5 Å². The van der Waals surface area contributed by atoms with Crippen LogP contribution in [0.25, 0.3) is 28.0 Å². The molecule has 0 unspecified atom stereocenters. The number of nitrogens with zero attached hydrogens (tertiary/aromatic N) is 6. The van der Waals surface area contributed by atoms with Gasteiger partial charge in [-0.1, -0.05) is 18.2 Å². The van der Waals surface area contributed by atoms with Crippen LogP contribution in [0.4, 0.5) is 0 Å². The van der Waals surface area contributed by atoms with Crippen LogP contribution in [0.5, 0.6) is 0 Å². The number of fused-ring (bicyclic) bond motifs is 1. The Labute approximate surface area is 129 Å². The highest BCUT2D eigenvalue weighted by atomic mass is 16.1. The summed E-state index contributed by atoms with van der Waals surface area (Å²) in [5.41, 5.74) is 7.50. The molecular weight excluding hydrogens is 296 g/mol. The molecule has 9 heteroatoms. The third kappa shape index (κ3) is 2.02. The summed E-state index contributed by atoms with van der Waals surface area (Å²) in [6, 6.07) is 7.27. The third-order valence-corrected chi connectivity index (χ3v) is 3.38. The first kappa shape index (κ1) is 13.1. The van der Waals surface area contributed by atoms with Crippen LogP contribution in [0, 0.1) is 0 Å². The number of benzene rings is 1. The fourth-order valence-corrected chi connectivity index (χ4v) is 2.40. The molecule has 1 aromatic carbocycles. The normalized spacial score (nSPS) is 11.0. The number of rotatable bonds is 3. The average molecular weight is 306 g/mol. The van der Waals surface area contributed by atoms with E-state index >= 15 is 0 Å². The smallest absolute Gasteiger partial charge is 0.269 e. The van der Waals surface area contributed by atoms with Crippen molar-refractivity contribution in [3.8, 4) is 17.1 Å². The van der Waals surface area contributed by atoms with Gasteiger partial charge < -0.3 is 5.73 Å². The molecule has 3 aromatic heterocycles. The lowest BCUT2D eigenvalue weighted by atomic mass is 10.2. The number of amides is 1. The van der Waals surface area contributed by atoms with Crippen molar-refractivity contribution >= 4 is 16.8 Å². The number of carbonyl (C=O) groups excluding carboxylic acids is 1. The van der Waals surface area contributed by atoms with Crippen molar-refractivity contribution in [1.82, 2.24) is 35.2 Å². The Bertz CT molecular complexity index is 1000. The van der Waals surface area contributed by atoms with Crippen molar-refractivity contribution in [2.24, 2.45) is 5.73 Å². The van der Waals surface area contributed by atoms with Crippen LogP contribution in [-0.4, -0.2) is 41.1 Å². The molecule has 112 valence electrons. The second kappa shape index (κ2) is 4.98. The van der Waals surface area contributed by atoms with Crippen LogP contribution in [0.1, 0.15) is 10.5 Å². The molecule has 1 amide bonds. The van der Waals surface area contributed by atoms with Crippen LogP contribution < -0.4 is 5.73 Å². The molecule has 0 bridgehead atoms. The maximum Gasteiger partial charge on any atom is 0.269 e. The molecule has 3 heterocycles. The lowest BCUT2D eigenvalue weighted by Crippen LogP contribution is -2.12. The number of aromatic nitrogens is 7. The first-order valence-electron chi connectivity index (χ1n) is 6.70. The summed E-state index contributed by atoms with van der Waals surface area (Å²) in [7, 11) is 0. The lowest BCUT2D eigenvalue weighted by Gasteiger charge is -2.01. The molecule has 23 heavy (non-hydrogen) atoms. The molecule has 0 fully saturated rings. The number of para-hydroxylation sites is 1. The molecule has 0 saturated carbocycles. The van der Waals surface area contributed by atoms with Gasteiger partial charge in [0, 0.05) is 23.3 Å². The van der Waals surface area contributed by atoms with Crippen molar-refractivity contribution in [3.05, 3.63) is 48.7 Å². The highest BCUT2D eigenvalue weighted by Crippen LogP contribution is 2.26. The zero-order valence-electron chi connectivity index (χ0n) is 11.7. The molecule has 3 N–H and O–H groups in total. The number of nitrogens with one attached hydrogen (secondary N) is 1. The minimum absolute atomic E-state index is 0.180. The van der Waals surface area contributed by atoms with Gasteiger partial charge in [-0.2, -0.15) is 15.4 Å². The summed E-state index contributed by atoms with van der Waals surface area (Å²) in [6.45, 7) is 0. The zero-order valence-corrected chi connectivity index (χ0v) is 11.7. The predicted molar refractivity (Wildman–Crippen MR) is 80.6 cm³/mol. The van der Waals surface area contributed by atoms with E-state index in [-0.39, 0.29) is 5.69 Å². The quantitative estimate of drug-likeness (QED) is 0.573. The molecule has 0 atom stereocenters. The van der Waals surface area contributed by atoms with Gasteiger partial charge in [-0.15, -0.1) is 5.10 Å². The zero-order chi connectivity index (χ0) is 15.8. The molecule has 0 saturated heterocycles. The van der Waals surface area contributed by atoms with Gasteiger partial charge in [0.2, 0.25) is 5.82 Å². The largest absolute Gasteiger partial charge is 0.364 e. The highest BCUT2D eigenvalue weighted by molar-refractivity contribution is 6.04. The molecule has 0 aliphatic carbocycles. The topological polar surface area (TPSA) is 128 Å². The fraction of sp³-hybridized carbons (Fsp3) is 0. The van der Waals surface area contributed by atoms with E-state index in [1.165, 1.54) is 11.0 Å². The Kier molecular flexibility index (Phi) is 2.83. The monoisotopic (exact) mass is 306 g/mol. The van der Waals surface area contributed by atoms with Crippen molar-refractivity contribution in [3.63, 3.8) is 0 Å². The van der Waals surface area contributed by atoms with Crippen LogP contribution in [0.3, 0.4) is 0 Å². The number of H-pyrrole nitrogens is 1. The Morgan fingerprint density at radius 2 is 1.91 bits per heavy atom. The van der Waals surface area contributed by atoms with Gasteiger partial charge in [0.15, 0.2) is 5.69 Å². The second-order valence-electron chi connectivity index (χ2n) is 4.76. The van der Waals surface area contributed by atoms with Crippen molar-refractivity contribution in [2.75, 3.05) is 0 Å². The fourth-order valence-electron chi connectivity index (χ4n) is 2.40. The average Bonchev–Trinajstić information content (AvgIpc) is 3.20. The summed E-state index contributed by atoms with van der Waals surface area (Å²) in [5, 5.41) is 15.8. The first-order chi connectivity index (χ1) is 11.3. The minimum Gasteiger partial charge on any atom is -0.364 e. The van der Waals surface area contributed by atoms with Gasteiger partial charge in [-0.3, -0.25) is 4.79 Å². The molecule has 4 rings (SSSR count). The number of aromatic amines is 1. The molecule has 0 radical (unpaired) electrons. The van der Waals surface area contributed by atoms with E-state index in [9.17, 15) is 4.79 Å². The highest BCUT2D eigenvalue weighted by Gasteiger charge is 2.20. The van der Waals surface area contributed by atoms with Gasteiger partial charge in [0.25, 0.3) is 5.91 Å². The summed E-state index contributed by atoms with van der Waals surface area (Å²) in [6.07, 6.45) is 4.67. The Balaban J connectivity index is 1.99. The van der Waals surface area contributed by atoms with E-state index < -0.39 is 5.91 Å². The van der Waals surface area contributed by atoms with E-state index in [2.05, 4.69) is 30.5 Å². The number of hydrogen-bond donors (Lipinski definition) is 2. The van der Waals surface area contributed by atoms with Crippen molar-refractivity contribution < 1.29 is 4.79 Å². The van der Waals surface area contributed by atoms with Gasteiger partial charge in [-0.25, -0.2) is 14.6 Å². The summed E-state index contributed by atoms with van der Waals surface area (Å²) >= 11 is 0. The first-order valence-corrected chi connectivity index (χ1v) is 6.70. The molecule has 9 nitrogen and oxygen atoms in total. The van der Waals surface area contributed by atoms with Gasteiger partial charge in [0.1, 0.15) is 12.0 Å². The van der Waals surface area contributed by atoms with Gasteiger partial charge in [0.05, 0.1) is 5.52 Å². The van der Waals surface area contributed by atoms with Gasteiger partial charge >= 0.3 is 0 Å². The molecule has 0 aliphatic rings. The number of nitrogens with two attached hydrogens (primary N) is 1. The lowest BCUT2D eigenvalue weighted by molar-refractivity contribution is 0.0996. The van der Waals surface area contributed by atoms with E-state index in [0.29, 0.717) is 28.0 Å². The SMILES string of the molecule is NC(=O)c1nn(-c2n[nH]nc2-c2cncnc2)c2ccccc12. The number of hydrogen-bond acceptors (Lipinski definition) is 6. The van der Waals surface area contributed by atoms with Crippen molar-refractivity contribution in [2.45, 2.75) is 0 Å². The summed E-state index contributed by atoms with van der Waals surface area (Å²) < 4.78 is 1.53. The van der Waals surface area contributed by atoms with Crippen LogP contribution in [-0.2, 0) is 0 Å². The number of carbonyl (C=O) groups is 1. The maximum atomic E-state index is 11.6. The van der Waals surface area contributed by atoms with Crippen LogP contribution in [0.15, 0.2) is 43.0 Å². The minimum atomic E-state index is -0.604. The standard InChI is InChI=1S/C14H10N8O/c15-13(23)12-9-3-1-2-4-10(9)22(20-12)14-11(18-21-19-14)8-5-16-7-17-6-8/h1-7H,(H2,15,23)(H,18,19,21). The molecule has 0 spiro atoms. The Morgan fingerprint density at radius 3 is 2.70 bits per heavy atom. The Morgan fingerprint density at radius 1 is 1.13 bits per heavy atom. The summed E-state index contributed by atoms with van der Waals surface area (Å²) in [4.78, 5) is 19.6. The Hall–Kier alpha value is -3.62. The predicted octanol–water partition coefficient (Wildman–Crippen LogP) is 0.699. The number of primary amides is 1. The second-order valence-corrected chi connectivity index (χ2v) is 4.76. The molecule has 4 aromatic rings. The van der Waals surface area contributed by atoms with Crippen molar-refractivity contribution in [1.29, 1.82) is 0 Å². The van der Waals surface area contributed by atoms with Crippen LogP contribution in [0.2, 0.25) is 0 Å². The maximum absolute atomic E-state index is 11.6. The molecule has 0 aliphatic heterocycles. The van der Waals surface area contributed by atoms with E-state index in [0.717, 1.165) is 0 Å². The van der Waals surface area contributed by atoms with E-state index in [1.807, 2.05) is 18.2 Å². The summed E-state index contributed by atoms with van der Waals surface area (Å²) in [5.74, 6) is -0.170. The van der Waals surface area contributed by atoms with E-state index in [4.69, 9.17) is 5.73 Å². The third-order valence-electron chi connectivity index (χ3n) is 3.38. The van der Waals surface area contributed by atoms with Crippen LogP contribution >= 0.6 is 0 Å². The van der Waals surface area contributed by atoms with Gasteiger partial charge in [-0.05, 0) is 6.07 Å².